The highest BCUT2D eigenvalue weighted by atomic mass is 127. The minimum absolute atomic E-state index is 0.0834. The average Bonchev–Trinajstić information content (AvgIpc) is 2.47. The van der Waals surface area contributed by atoms with Crippen LogP contribution in [0.5, 0.6) is 0 Å². The Bertz CT molecular complexity index is 528. The number of nitrogens with one attached hydrogen (secondary N) is 1. The highest BCUT2D eigenvalue weighted by Gasteiger charge is 2.31. The lowest BCUT2D eigenvalue weighted by Gasteiger charge is -2.21. The smallest absolute Gasteiger partial charge is 0.368 e. The summed E-state index contributed by atoms with van der Waals surface area (Å²) in [6, 6.07) is 3.28. The second-order valence-electron chi connectivity index (χ2n) is 5.31. The van der Waals surface area contributed by atoms with E-state index in [0.717, 1.165) is 37.8 Å². The van der Waals surface area contributed by atoms with Gasteiger partial charge in [-0.1, -0.05) is 19.3 Å². The summed E-state index contributed by atoms with van der Waals surface area (Å²) in [5, 5.41) is 2.49. The van der Waals surface area contributed by atoms with E-state index in [-0.39, 0.29) is 18.4 Å². The van der Waals surface area contributed by atoms with Crippen molar-refractivity contribution in [1.29, 1.82) is 0 Å². The van der Waals surface area contributed by atoms with Crippen LogP contribution in [0.1, 0.15) is 37.7 Å². The van der Waals surface area contributed by atoms with Crippen molar-refractivity contribution in [2.75, 3.05) is 11.9 Å². The summed E-state index contributed by atoms with van der Waals surface area (Å²) in [4.78, 5) is 11.8. The van der Waals surface area contributed by atoms with Crippen LogP contribution >= 0.6 is 22.6 Å². The Morgan fingerprint density at radius 3 is 2.59 bits per heavy atom. The Hall–Kier alpha value is -0.830. The third-order valence-electron chi connectivity index (χ3n) is 3.57. The zero-order chi connectivity index (χ0) is 16.2. The largest absolute Gasteiger partial charge is 0.416 e. The molecule has 0 bridgehead atoms. The number of rotatable bonds is 4. The van der Waals surface area contributed by atoms with Gasteiger partial charge in [0.2, 0.25) is 5.91 Å². The maximum Gasteiger partial charge on any atom is 0.416 e. The Kier molecular flexibility index (Phi) is 6.08. The van der Waals surface area contributed by atoms with Gasteiger partial charge in [0.1, 0.15) is 6.61 Å². The fraction of sp³-hybridized carbons (Fsp3) is 0.533. The maximum absolute atomic E-state index is 12.7. The van der Waals surface area contributed by atoms with Gasteiger partial charge in [-0.15, -0.1) is 0 Å². The molecule has 0 aliphatic heterocycles. The number of carbonyl (C=O) groups is 1. The minimum atomic E-state index is -4.43. The Balaban J connectivity index is 1.93. The molecule has 2 rings (SSSR count). The van der Waals surface area contributed by atoms with Crippen molar-refractivity contribution in [3.05, 3.63) is 27.3 Å². The molecule has 1 N–H and O–H groups in total. The molecule has 1 aromatic carbocycles. The molecular weight excluding hydrogens is 410 g/mol. The first kappa shape index (κ1) is 17.5. The van der Waals surface area contributed by atoms with E-state index >= 15 is 0 Å². The van der Waals surface area contributed by atoms with E-state index < -0.39 is 17.6 Å². The monoisotopic (exact) mass is 427 g/mol. The van der Waals surface area contributed by atoms with Crippen LogP contribution in [0.3, 0.4) is 0 Å². The zero-order valence-electron chi connectivity index (χ0n) is 11.9. The number of ether oxygens (including phenoxy) is 1. The molecule has 0 radical (unpaired) electrons. The Morgan fingerprint density at radius 2 is 1.95 bits per heavy atom. The van der Waals surface area contributed by atoms with Gasteiger partial charge in [-0.25, -0.2) is 0 Å². The summed E-state index contributed by atoms with van der Waals surface area (Å²) in [5.74, 6) is -0.428. The molecule has 0 saturated heterocycles. The zero-order valence-corrected chi connectivity index (χ0v) is 14.0. The molecule has 0 atom stereocenters. The van der Waals surface area contributed by atoms with E-state index in [2.05, 4.69) is 5.32 Å². The van der Waals surface area contributed by atoms with Gasteiger partial charge in [0.15, 0.2) is 0 Å². The van der Waals surface area contributed by atoms with Gasteiger partial charge in [-0.05, 0) is 53.6 Å². The predicted octanol–water partition coefficient (Wildman–Crippen LogP) is 4.60. The van der Waals surface area contributed by atoms with Crippen molar-refractivity contribution in [3.8, 4) is 0 Å². The van der Waals surface area contributed by atoms with Gasteiger partial charge < -0.3 is 10.1 Å². The standard InChI is InChI=1S/C15H17F3INO2/c16-15(17,18)10-6-7-12(19)13(8-10)20-14(21)9-22-11-4-2-1-3-5-11/h6-8,11H,1-5,9H2,(H,20,21). The number of carbonyl (C=O) groups excluding carboxylic acids is 1. The molecule has 0 spiro atoms. The summed E-state index contributed by atoms with van der Waals surface area (Å²) >= 11 is 1.89. The molecule has 1 aromatic rings. The normalized spacial score (nSPS) is 16.5. The lowest BCUT2D eigenvalue weighted by Crippen LogP contribution is -2.25. The predicted molar refractivity (Wildman–Crippen MR) is 85.6 cm³/mol. The molecule has 1 aliphatic carbocycles. The van der Waals surface area contributed by atoms with Crippen LogP contribution in [0, 0.1) is 3.57 Å². The quantitative estimate of drug-likeness (QED) is 0.714. The number of amides is 1. The highest BCUT2D eigenvalue weighted by Crippen LogP contribution is 2.32. The van der Waals surface area contributed by atoms with Gasteiger partial charge in [0.25, 0.3) is 0 Å². The number of hydrogen-bond acceptors (Lipinski definition) is 2. The van der Waals surface area contributed by atoms with Crippen LogP contribution in [-0.2, 0) is 15.7 Å². The third-order valence-corrected chi connectivity index (χ3v) is 4.51. The van der Waals surface area contributed by atoms with Gasteiger partial charge in [0.05, 0.1) is 17.4 Å². The van der Waals surface area contributed by atoms with Crippen molar-refractivity contribution in [3.63, 3.8) is 0 Å². The fourth-order valence-electron chi connectivity index (χ4n) is 2.41. The molecular formula is C15H17F3INO2. The summed E-state index contributed by atoms with van der Waals surface area (Å²) < 4.78 is 44.1. The van der Waals surface area contributed by atoms with Crippen molar-refractivity contribution in [1.82, 2.24) is 0 Å². The van der Waals surface area contributed by atoms with Crippen LogP contribution in [0.25, 0.3) is 0 Å². The second-order valence-corrected chi connectivity index (χ2v) is 6.47. The number of anilines is 1. The average molecular weight is 427 g/mol. The summed E-state index contributed by atoms with van der Waals surface area (Å²) in [5.41, 5.74) is -0.621. The number of hydrogen-bond donors (Lipinski definition) is 1. The molecule has 1 amide bonds. The van der Waals surface area contributed by atoms with Crippen LogP contribution in [-0.4, -0.2) is 18.6 Å². The van der Waals surface area contributed by atoms with E-state index in [1.54, 1.807) is 0 Å². The minimum Gasteiger partial charge on any atom is -0.368 e. The topological polar surface area (TPSA) is 38.3 Å². The van der Waals surface area contributed by atoms with Crippen LogP contribution in [0.15, 0.2) is 18.2 Å². The lowest BCUT2D eigenvalue weighted by atomic mass is 9.98. The Labute approximate surface area is 140 Å². The van der Waals surface area contributed by atoms with Crippen LogP contribution in [0.2, 0.25) is 0 Å². The van der Waals surface area contributed by atoms with E-state index in [9.17, 15) is 18.0 Å². The van der Waals surface area contributed by atoms with E-state index in [0.29, 0.717) is 3.57 Å². The highest BCUT2D eigenvalue weighted by molar-refractivity contribution is 14.1. The molecule has 1 aliphatic rings. The first-order chi connectivity index (χ1) is 10.4. The van der Waals surface area contributed by atoms with Crippen LogP contribution in [0.4, 0.5) is 18.9 Å². The van der Waals surface area contributed by atoms with Crippen molar-refractivity contribution >= 4 is 34.2 Å². The van der Waals surface area contributed by atoms with Gasteiger partial charge in [0, 0.05) is 3.57 Å². The third kappa shape index (κ3) is 5.12. The lowest BCUT2D eigenvalue weighted by molar-refractivity contribution is -0.137. The van der Waals surface area contributed by atoms with Crippen molar-refractivity contribution in [2.24, 2.45) is 0 Å². The molecule has 1 saturated carbocycles. The maximum atomic E-state index is 12.7. The summed E-state index contributed by atoms with van der Waals surface area (Å²) in [6.07, 6.45) is 0.912. The summed E-state index contributed by atoms with van der Waals surface area (Å²) in [6.45, 7) is -0.128. The van der Waals surface area contributed by atoms with Gasteiger partial charge >= 0.3 is 6.18 Å². The van der Waals surface area contributed by atoms with Crippen molar-refractivity contribution < 1.29 is 22.7 Å². The molecule has 7 heteroatoms. The summed E-state index contributed by atoms with van der Waals surface area (Å²) in [7, 11) is 0. The molecule has 0 unspecified atom stereocenters. The van der Waals surface area contributed by atoms with E-state index in [1.807, 2.05) is 22.6 Å². The second kappa shape index (κ2) is 7.63. The first-order valence-electron chi connectivity index (χ1n) is 7.14. The number of benzene rings is 1. The van der Waals surface area contributed by atoms with Crippen LogP contribution < -0.4 is 5.32 Å². The van der Waals surface area contributed by atoms with E-state index in [1.165, 1.54) is 12.5 Å². The molecule has 3 nitrogen and oxygen atoms in total. The first-order valence-corrected chi connectivity index (χ1v) is 8.22. The number of halogens is 4. The van der Waals surface area contributed by atoms with E-state index in [4.69, 9.17) is 4.74 Å². The fourth-order valence-corrected chi connectivity index (χ4v) is 2.88. The molecule has 0 aromatic heterocycles. The Morgan fingerprint density at radius 1 is 1.27 bits per heavy atom. The van der Waals surface area contributed by atoms with Gasteiger partial charge in [-0.2, -0.15) is 13.2 Å². The molecule has 122 valence electrons. The molecule has 1 fully saturated rings. The van der Waals surface area contributed by atoms with Gasteiger partial charge in [-0.3, -0.25) is 4.79 Å². The SMILES string of the molecule is O=C(COC1CCCCC1)Nc1cc(C(F)(F)F)ccc1I. The van der Waals surface area contributed by atoms with Crippen molar-refractivity contribution in [2.45, 2.75) is 44.4 Å². The molecule has 22 heavy (non-hydrogen) atoms. The number of alkyl halides is 3. The molecule has 0 heterocycles.